The normalized spacial score (nSPS) is 18.7. The second-order valence-corrected chi connectivity index (χ2v) is 5.15. The molecule has 3 N–H and O–H groups in total. The quantitative estimate of drug-likeness (QED) is 0.818. The van der Waals surface area contributed by atoms with Gasteiger partial charge in [0.1, 0.15) is 11.9 Å². The fraction of sp³-hybridized carbons (Fsp3) is 0.500. The molecule has 1 aromatic carbocycles. The lowest BCUT2D eigenvalue weighted by Gasteiger charge is -2.19. The Morgan fingerprint density at radius 1 is 1.53 bits per heavy atom. The minimum Gasteiger partial charge on any atom is -0.488 e. The lowest BCUT2D eigenvalue weighted by molar-refractivity contribution is 0.185. The first-order valence-corrected chi connectivity index (χ1v) is 6.62. The van der Waals surface area contributed by atoms with Crippen LogP contribution in [0.25, 0.3) is 0 Å². The minimum absolute atomic E-state index is 0.0197. The van der Waals surface area contributed by atoms with Crippen molar-refractivity contribution in [1.82, 2.24) is 10.2 Å². The first-order valence-electron chi connectivity index (χ1n) is 6.62. The van der Waals surface area contributed by atoms with Crippen molar-refractivity contribution < 1.29 is 9.53 Å². The van der Waals surface area contributed by atoms with Crippen molar-refractivity contribution in [3.63, 3.8) is 0 Å². The summed E-state index contributed by atoms with van der Waals surface area (Å²) in [4.78, 5) is 13.6. The van der Waals surface area contributed by atoms with E-state index in [1.807, 2.05) is 32.0 Å². The smallest absolute Gasteiger partial charge is 0.317 e. The van der Waals surface area contributed by atoms with Gasteiger partial charge in [0.25, 0.3) is 0 Å². The van der Waals surface area contributed by atoms with E-state index >= 15 is 0 Å². The molecule has 1 heterocycles. The first kappa shape index (κ1) is 13.5. The summed E-state index contributed by atoms with van der Waals surface area (Å²) >= 11 is 0. The number of benzene rings is 1. The van der Waals surface area contributed by atoms with Crippen molar-refractivity contribution in [3.8, 4) is 5.75 Å². The van der Waals surface area contributed by atoms with Crippen molar-refractivity contribution in [2.75, 3.05) is 18.8 Å². The Morgan fingerprint density at radius 3 is 3.00 bits per heavy atom. The maximum Gasteiger partial charge on any atom is 0.317 e. The van der Waals surface area contributed by atoms with E-state index < -0.39 is 0 Å². The van der Waals surface area contributed by atoms with Gasteiger partial charge >= 0.3 is 6.03 Å². The summed E-state index contributed by atoms with van der Waals surface area (Å²) in [7, 11) is 0. The molecular formula is C14H21N3O2. The van der Waals surface area contributed by atoms with Crippen LogP contribution in [-0.4, -0.2) is 36.2 Å². The molecular weight excluding hydrogens is 242 g/mol. The lowest BCUT2D eigenvalue weighted by Crippen LogP contribution is -2.42. The number of anilines is 1. The van der Waals surface area contributed by atoms with E-state index in [2.05, 4.69) is 5.32 Å². The molecule has 1 aliphatic heterocycles. The highest BCUT2D eigenvalue weighted by Gasteiger charge is 2.27. The van der Waals surface area contributed by atoms with E-state index in [1.165, 1.54) is 0 Å². The number of carbonyl (C=O) groups is 1. The summed E-state index contributed by atoms with van der Waals surface area (Å²) in [5, 5.41) is 2.89. The van der Waals surface area contributed by atoms with Crippen LogP contribution in [0, 0.1) is 0 Å². The maximum atomic E-state index is 11.8. The highest BCUT2D eigenvalue weighted by Crippen LogP contribution is 2.20. The van der Waals surface area contributed by atoms with Crippen LogP contribution in [0.15, 0.2) is 24.3 Å². The largest absolute Gasteiger partial charge is 0.488 e. The predicted octanol–water partition coefficient (Wildman–Crippen LogP) is 1.84. The number of hydrogen-bond acceptors (Lipinski definition) is 3. The Balaban J connectivity index is 1.87. The highest BCUT2D eigenvalue weighted by molar-refractivity contribution is 5.74. The van der Waals surface area contributed by atoms with Crippen LogP contribution in [0.1, 0.15) is 20.3 Å². The average molecular weight is 263 g/mol. The molecule has 1 aliphatic rings. The summed E-state index contributed by atoms with van der Waals surface area (Å²) in [6.07, 6.45) is 0.889. The van der Waals surface area contributed by atoms with Crippen molar-refractivity contribution in [3.05, 3.63) is 24.3 Å². The topological polar surface area (TPSA) is 67.6 Å². The molecule has 0 aromatic heterocycles. The minimum atomic E-state index is -0.0197. The molecule has 0 aliphatic carbocycles. The number of likely N-dealkylation sites (tertiary alicyclic amines) is 1. The fourth-order valence-electron chi connectivity index (χ4n) is 2.13. The van der Waals surface area contributed by atoms with Gasteiger partial charge in [-0.15, -0.1) is 0 Å². The van der Waals surface area contributed by atoms with Gasteiger partial charge < -0.3 is 20.7 Å². The molecule has 1 fully saturated rings. The monoisotopic (exact) mass is 263 g/mol. The fourth-order valence-corrected chi connectivity index (χ4v) is 2.13. The molecule has 1 aromatic rings. The summed E-state index contributed by atoms with van der Waals surface area (Å²) in [5.74, 6) is 0.760. The van der Waals surface area contributed by atoms with Gasteiger partial charge in [0.15, 0.2) is 0 Å². The highest BCUT2D eigenvalue weighted by atomic mass is 16.5. The van der Waals surface area contributed by atoms with Crippen LogP contribution in [-0.2, 0) is 0 Å². The van der Waals surface area contributed by atoms with Crippen LogP contribution in [0.2, 0.25) is 0 Å². The summed E-state index contributed by atoms with van der Waals surface area (Å²) in [6.45, 7) is 5.25. The molecule has 2 rings (SSSR count). The number of urea groups is 1. The molecule has 1 unspecified atom stereocenters. The average Bonchev–Trinajstić information content (AvgIpc) is 2.76. The molecule has 5 heteroatoms. The van der Waals surface area contributed by atoms with Crippen LogP contribution in [0.5, 0.6) is 5.75 Å². The number of hydrogen-bond donors (Lipinski definition) is 2. The van der Waals surface area contributed by atoms with Crippen molar-refractivity contribution in [1.29, 1.82) is 0 Å². The molecule has 1 saturated heterocycles. The summed E-state index contributed by atoms with van der Waals surface area (Å²) in [5.41, 5.74) is 6.39. The van der Waals surface area contributed by atoms with Crippen molar-refractivity contribution in [2.45, 2.75) is 32.4 Å². The summed E-state index contributed by atoms with van der Waals surface area (Å²) in [6, 6.07) is 7.51. The van der Waals surface area contributed by atoms with Gasteiger partial charge in [0, 0.05) is 30.8 Å². The standard InChI is InChI=1S/C14H21N3O2/c1-10(2)16-14(18)17-7-6-13(9-17)19-12-5-3-4-11(15)8-12/h3-5,8,10,13H,6-7,9,15H2,1-2H3,(H,16,18). The van der Waals surface area contributed by atoms with Gasteiger partial charge in [-0.3, -0.25) is 0 Å². The molecule has 5 nitrogen and oxygen atoms in total. The van der Waals surface area contributed by atoms with Gasteiger partial charge in [-0.25, -0.2) is 4.79 Å². The maximum absolute atomic E-state index is 11.8. The molecule has 0 radical (unpaired) electrons. The van der Waals surface area contributed by atoms with Crippen LogP contribution < -0.4 is 15.8 Å². The van der Waals surface area contributed by atoms with E-state index in [4.69, 9.17) is 10.5 Å². The van der Waals surface area contributed by atoms with E-state index in [1.54, 1.807) is 11.0 Å². The second-order valence-electron chi connectivity index (χ2n) is 5.15. The molecule has 0 spiro atoms. The third kappa shape index (κ3) is 3.77. The SMILES string of the molecule is CC(C)NC(=O)N1CCC(Oc2cccc(N)c2)C1. The Labute approximate surface area is 113 Å². The van der Waals surface area contributed by atoms with Gasteiger partial charge in [0.2, 0.25) is 0 Å². The third-order valence-corrected chi connectivity index (χ3v) is 3.01. The number of nitrogens with two attached hydrogens (primary N) is 1. The number of carbonyl (C=O) groups excluding carboxylic acids is 1. The summed E-state index contributed by atoms with van der Waals surface area (Å²) < 4.78 is 5.84. The van der Waals surface area contributed by atoms with Gasteiger partial charge in [-0.2, -0.15) is 0 Å². The van der Waals surface area contributed by atoms with Gasteiger partial charge in [-0.1, -0.05) is 6.07 Å². The Bertz CT molecular complexity index is 448. The zero-order valence-electron chi connectivity index (χ0n) is 11.4. The van der Waals surface area contributed by atoms with Crippen LogP contribution in [0.3, 0.4) is 0 Å². The number of nitrogen functional groups attached to an aromatic ring is 1. The number of nitrogens with zero attached hydrogens (tertiary/aromatic N) is 1. The van der Waals surface area contributed by atoms with Crippen LogP contribution >= 0.6 is 0 Å². The predicted molar refractivity (Wildman–Crippen MR) is 75.1 cm³/mol. The van der Waals surface area contributed by atoms with E-state index in [0.29, 0.717) is 12.2 Å². The van der Waals surface area contributed by atoms with Gasteiger partial charge in [0.05, 0.1) is 6.54 Å². The number of amides is 2. The van der Waals surface area contributed by atoms with Crippen molar-refractivity contribution in [2.24, 2.45) is 0 Å². The zero-order valence-corrected chi connectivity index (χ0v) is 11.4. The molecule has 1 atom stereocenters. The number of rotatable bonds is 3. The Kier molecular flexibility index (Phi) is 4.14. The third-order valence-electron chi connectivity index (χ3n) is 3.01. The van der Waals surface area contributed by atoms with E-state index in [-0.39, 0.29) is 18.2 Å². The lowest BCUT2D eigenvalue weighted by atomic mass is 10.3. The number of ether oxygens (including phenoxy) is 1. The second kappa shape index (κ2) is 5.82. The van der Waals surface area contributed by atoms with Crippen molar-refractivity contribution >= 4 is 11.7 Å². The van der Waals surface area contributed by atoms with E-state index in [9.17, 15) is 4.79 Å². The molecule has 0 bridgehead atoms. The number of nitrogens with one attached hydrogen (secondary N) is 1. The first-order chi connectivity index (χ1) is 9.04. The molecule has 2 amide bonds. The molecule has 19 heavy (non-hydrogen) atoms. The van der Waals surface area contributed by atoms with Gasteiger partial charge in [-0.05, 0) is 26.0 Å². The van der Waals surface area contributed by atoms with E-state index in [0.717, 1.165) is 18.7 Å². The zero-order chi connectivity index (χ0) is 13.8. The van der Waals surface area contributed by atoms with Crippen LogP contribution in [0.4, 0.5) is 10.5 Å². The molecule has 0 saturated carbocycles. The Morgan fingerprint density at radius 2 is 2.32 bits per heavy atom. The molecule has 104 valence electrons. The Hall–Kier alpha value is -1.91.